The first-order chi connectivity index (χ1) is 20.6. The number of primary amides is 1. The third-order valence-electron chi connectivity index (χ3n) is 5.45. The van der Waals surface area contributed by atoms with Gasteiger partial charge in [-0.05, 0) is 76.2 Å². The van der Waals surface area contributed by atoms with Gasteiger partial charge in [0.05, 0.1) is 13.2 Å². The number of rotatable bonds is 18. The number of nitrogens with one attached hydrogen (secondary N) is 5. The SMILES string of the molecule is CC/C=C(\CNC)NC(C)CC(C)C.CC/C=C(\CNC=O)Nc1ccc(CO)cc1.CCCCN.CCCNC(N)=O. The Bertz CT molecular complexity index is 826. The number of carbonyl (C=O) groups excluding carboxylic acids is 2. The molecule has 0 aliphatic rings. The van der Waals surface area contributed by atoms with E-state index in [0.717, 1.165) is 55.2 Å². The molecule has 3 amide bonds. The summed E-state index contributed by atoms with van der Waals surface area (Å²) < 4.78 is 0. The molecule has 0 aliphatic carbocycles. The maximum atomic E-state index is 10.3. The van der Waals surface area contributed by atoms with Crippen LogP contribution in [0.3, 0.4) is 0 Å². The number of aliphatic hydroxyl groups is 1. The van der Waals surface area contributed by atoms with Crippen LogP contribution >= 0.6 is 0 Å². The van der Waals surface area contributed by atoms with Gasteiger partial charge in [-0.15, -0.1) is 0 Å². The van der Waals surface area contributed by atoms with Crippen molar-refractivity contribution in [1.82, 2.24) is 21.3 Å². The lowest BCUT2D eigenvalue weighted by Gasteiger charge is -2.19. The van der Waals surface area contributed by atoms with Crippen molar-refractivity contribution in [3.05, 3.63) is 53.4 Å². The molecule has 0 bridgehead atoms. The van der Waals surface area contributed by atoms with Crippen LogP contribution in [-0.2, 0) is 11.4 Å². The molecule has 0 fully saturated rings. The molecule has 250 valence electrons. The monoisotopic (exact) mass is 608 g/mol. The van der Waals surface area contributed by atoms with Gasteiger partial charge in [-0.3, -0.25) is 4.79 Å². The van der Waals surface area contributed by atoms with Gasteiger partial charge < -0.3 is 43.2 Å². The minimum atomic E-state index is -0.443. The fourth-order valence-corrected chi connectivity index (χ4v) is 3.60. The highest BCUT2D eigenvalue weighted by Gasteiger charge is 2.05. The molecule has 1 atom stereocenters. The van der Waals surface area contributed by atoms with Crippen LogP contribution in [0.5, 0.6) is 0 Å². The number of hydrogen-bond acceptors (Lipinski definition) is 7. The zero-order valence-corrected chi connectivity index (χ0v) is 28.4. The Balaban J connectivity index is -0.000000550. The third kappa shape index (κ3) is 33.3. The summed E-state index contributed by atoms with van der Waals surface area (Å²) in [6.07, 6.45) is 11.5. The van der Waals surface area contributed by atoms with Gasteiger partial charge in [0.15, 0.2) is 0 Å². The van der Waals surface area contributed by atoms with Gasteiger partial charge in [0.1, 0.15) is 0 Å². The second-order valence-corrected chi connectivity index (χ2v) is 10.4. The minimum absolute atomic E-state index is 0.0463. The van der Waals surface area contributed by atoms with Crippen molar-refractivity contribution in [3.63, 3.8) is 0 Å². The number of amides is 3. The molecule has 0 radical (unpaired) electrons. The standard InChI is InChI=1S/C13H18N2O2.C12H26N2.C4H10N2O.C4H11N/c1-2-3-13(8-14-10-17)15-12-6-4-11(9-16)5-7-12;1-6-7-12(9-13-5)14-11(4)8-10(2)3;1-2-3-6-4(5)7;1-2-3-4-5/h3-7,10,15-16H,2,8-9H2,1H3,(H,14,17);7,10-11,13-14H,6,8-9H2,1-5H3;2-3H2,1H3,(H3,5,6,7);2-5H2,1H3/b13-3+;12-7+;;. The van der Waals surface area contributed by atoms with Crippen LogP contribution < -0.4 is 38.1 Å². The van der Waals surface area contributed by atoms with Crippen LogP contribution in [0, 0.1) is 5.92 Å². The van der Waals surface area contributed by atoms with Crippen LogP contribution in [0.1, 0.15) is 92.6 Å². The zero-order chi connectivity index (χ0) is 33.3. The Hall–Kier alpha value is -3.08. The van der Waals surface area contributed by atoms with E-state index in [-0.39, 0.29) is 6.61 Å². The van der Waals surface area contributed by atoms with Crippen LogP contribution in [0.15, 0.2) is 47.8 Å². The molecule has 10 heteroatoms. The van der Waals surface area contributed by atoms with Gasteiger partial charge in [-0.1, -0.05) is 72.2 Å². The summed E-state index contributed by atoms with van der Waals surface area (Å²) in [6, 6.07) is 7.65. The molecule has 10 N–H and O–H groups in total. The lowest BCUT2D eigenvalue weighted by atomic mass is 10.1. The van der Waals surface area contributed by atoms with E-state index < -0.39 is 6.03 Å². The molecule has 1 aromatic carbocycles. The summed E-state index contributed by atoms with van der Waals surface area (Å²) in [7, 11) is 1.98. The number of aliphatic hydroxyl groups excluding tert-OH is 1. The van der Waals surface area contributed by atoms with E-state index in [1.165, 1.54) is 25.0 Å². The highest BCUT2D eigenvalue weighted by atomic mass is 16.3. The van der Waals surface area contributed by atoms with Crippen LogP contribution in [0.25, 0.3) is 0 Å². The van der Waals surface area contributed by atoms with E-state index in [0.29, 0.717) is 25.5 Å². The Labute approximate surface area is 262 Å². The van der Waals surface area contributed by atoms with Crippen molar-refractivity contribution in [2.45, 2.75) is 99.6 Å². The molecule has 0 saturated carbocycles. The number of hydrogen-bond donors (Lipinski definition) is 8. The Morgan fingerprint density at radius 3 is 1.93 bits per heavy atom. The number of carbonyl (C=O) groups is 2. The summed E-state index contributed by atoms with van der Waals surface area (Å²) in [4.78, 5) is 20.1. The molecule has 1 unspecified atom stereocenters. The largest absolute Gasteiger partial charge is 0.392 e. The molecule has 10 nitrogen and oxygen atoms in total. The lowest BCUT2D eigenvalue weighted by molar-refractivity contribution is -0.109. The first kappa shape index (κ1) is 44.4. The maximum Gasteiger partial charge on any atom is 0.312 e. The molecule has 0 aliphatic heterocycles. The smallest absolute Gasteiger partial charge is 0.312 e. The summed E-state index contributed by atoms with van der Waals surface area (Å²) in [5.41, 5.74) is 14.0. The van der Waals surface area contributed by atoms with Crippen molar-refractivity contribution in [3.8, 4) is 0 Å². The van der Waals surface area contributed by atoms with Gasteiger partial charge in [-0.25, -0.2) is 4.79 Å². The van der Waals surface area contributed by atoms with Crippen molar-refractivity contribution >= 4 is 18.1 Å². The molecule has 1 aromatic rings. The van der Waals surface area contributed by atoms with Crippen molar-refractivity contribution in [2.75, 3.05) is 38.5 Å². The van der Waals surface area contributed by atoms with E-state index in [2.05, 4.69) is 67.3 Å². The first-order valence-corrected chi connectivity index (χ1v) is 15.7. The normalized spacial score (nSPS) is 11.4. The summed E-state index contributed by atoms with van der Waals surface area (Å²) in [5.74, 6) is 0.759. The van der Waals surface area contributed by atoms with Gasteiger partial charge in [-0.2, -0.15) is 0 Å². The zero-order valence-electron chi connectivity index (χ0n) is 28.4. The molecular formula is C33H65N7O3. The fraction of sp³-hybridized carbons (Fsp3) is 0.636. The molecule has 0 spiro atoms. The van der Waals surface area contributed by atoms with Crippen LogP contribution in [0.4, 0.5) is 10.5 Å². The van der Waals surface area contributed by atoms with Gasteiger partial charge in [0.2, 0.25) is 6.41 Å². The topological polar surface area (TPSA) is 167 Å². The van der Waals surface area contributed by atoms with Crippen LogP contribution in [0.2, 0.25) is 0 Å². The van der Waals surface area contributed by atoms with Gasteiger partial charge in [0.25, 0.3) is 0 Å². The van der Waals surface area contributed by atoms with E-state index in [9.17, 15) is 9.59 Å². The lowest BCUT2D eigenvalue weighted by Crippen LogP contribution is -2.31. The average Bonchev–Trinajstić information content (AvgIpc) is 2.96. The highest BCUT2D eigenvalue weighted by Crippen LogP contribution is 2.12. The number of likely N-dealkylation sites (N-methyl/N-ethyl adjacent to an activating group) is 1. The summed E-state index contributed by atoms with van der Waals surface area (Å²) in [6.45, 7) is 18.1. The molecule has 0 saturated heterocycles. The first-order valence-electron chi connectivity index (χ1n) is 15.7. The molecule has 0 heterocycles. The Morgan fingerprint density at radius 2 is 1.56 bits per heavy atom. The molecule has 1 rings (SSSR count). The number of urea groups is 1. The number of allylic oxidation sites excluding steroid dienone is 2. The number of benzene rings is 1. The minimum Gasteiger partial charge on any atom is -0.392 e. The average molecular weight is 608 g/mol. The fourth-order valence-electron chi connectivity index (χ4n) is 3.60. The maximum absolute atomic E-state index is 10.3. The van der Waals surface area contributed by atoms with Crippen molar-refractivity contribution < 1.29 is 14.7 Å². The van der Waals surface area contributed by atoms with E-state index in [1.807, 2.05) is 51.2 Å². The summed E-state index contributed by atoms with van der Waals surface area (Å²) >= 11 is 0. The van der Waals surface area contributed by atoms with E-state index in [4.69, 9.17) is 16.6 Å². The Morgan fingerprint density at radius 1 is 0.953 bits per heavy atom. The molecule has 43 heavy (non-hydrogen) atoms. The van der Waals surface area contributed by atoms with Crippen molar-refractivity contribution in [1.29, 1.82) is 0 Å². The second kappa shape index (κ2) is 33.4. The number of anilines is 1. The van der Waals surface area contributed by atoms with Gasteiger partial charge in [0, 0.05) is 36.2 Å². The van der Waals surface area contributed by atoms with Gasteiger partial charge >= 0.3 is 6.03 Å². The second-order valence-electron chi connectivity index (χ2n) is 10.4. The predicted molar refractivity (Wildman–Crippen MR) is 185 cm³/mol. The molecular weight excluding hydrogens is 542 g/mol. The quantitative estimate of drug-likeness (QED) is 0.109. The van der Waals surface area contributed by atoms with Crippen LogP contribution in [-0.4, -0.2) is 56.8 Å². The summed E-state index contributed by atoms with van der Waals surface area (Å²) in [5, 5.41) is 23.9. The Kier molecular flexibility index (Phi) is 34.5. The third-order valence-corrected chi connectivity index (χ3v) is 5.45. The van der Waals surface area contributed by atoms with E-state index in [1.54, 1.807) is 0 Å². The van der Waals surface area contributed by atoms with Crippen molar-refractivity contribution in [2.24, 2.45) is 17.4 Å². The number of unbranched alkanes of at least 4 members (excludes halogenated alkanes) is 1. The highest BCUT2D eigenvalue weighted by molar-refractivity contribution is 5.71. The van der Waals surface area contributed by atoms with E-state index >= 15 is 0 Å². The molecule has 0 aromatic heterocycles. The predicted octanol–water partition coefficient (Wildman–Crippen LogP) is 4.96. The number of nitrogens with two attached hydrogens (primary N) is 2.